The topological polar surface area (TPSA) is 19.4 Å². The predicted molar refractivity (Wildman–Crippen MR) is 75.1 cm³/mol. The van der Waals surface area contributed by atoms with Gasteiger partial charge in [0.25, 0.3) is 0 Å². The van der Waals surface area contributed by atoms with Gasteiger partial charge in [0.15, 0.2) is 11.6 Å². The van der Waals surface area contributed by atoms with Gasteiger partial charge < -0.3 is 9.80 Å². The Morgan fingerprint density at radius 3 is 2.21 bits per heavy atom. The number of rotatable bonds is 2. The first-order chi connectivity index (χ1) is 9.34. The molecule has 0 atom stereocenters. The Morgan fingerprint density at radius 2 is 1.53 bits per heavy atom. The highest BCUT2D eigenvalue weighted by Crippen LogP contribution is 2.20. The first kappa shape index (κ1) is 12.0. The second kappa shape index (κ2) is 5.26. The van der Waals surface area contributed by atoms with Crippen molar-refractivity contribution in [1.29, 1.82) is 0 Å². The quantitative estimate of drug-likeness (QED) is 0.824. The minimum Gasteiger partial charge on any atom is -0.368 e. The number of hydrogen-bond acceptors (Lipinski definition) is 3. The summed E-state index contributed by atoms with van der Waals surface area (Å²) < 4.78 is 13.7. The van der Waals surface area contributed by atoms with Gasteiger partial charge in [0.1, 0.15) is 0 Å². The van der Waals surface area contributed by atoms with Crippen molar-refractivity contribution in [3.8, 4) is 0 Å². The van der Waals surface area contributed by atoms with E-state index in [0.29, 0.717) is 5.82 Å². The summed E-state index contributed by atoms with van der Waals surface area (Å²) in [6, 6.07) is 13.4. The molecule has 0 aliphatic carbocycles. The summed E-state index contributed by atoms with van der Waals surface area (Å²) in [4.78, 5) is 8.46. The van der Waals surface area contributed by atoms with Gasteiger partial charge in [-0.1, -0.05) is 18.2 Å². The normalized spacial score (nSPS) is 15.6. The molecule has 1 saturated heterocycles. The molecule has 1 aliphatic rings. The van der Waals surface area contributed by atoms with E-state index in [4.69, 9.17) is 0 Å². The molecule has 0 N–H and O–H groups in total. The van der Waals surface area contributed by atoms with Crippen LogP contribution in [-0.2, 0) is 0 Å². The monoisotopic (exact) mass is 257 g/mol. The summed E-state index contributed by atoms with van der Waals surface area (Å²) in [5.41, 5.74) is 1.23. The van der Waals surface area contributed by atoms with Crippen LogP contribution in [0.5, 0.6) is 0 Å². The number of piperazine rings is 1. The minimum atomic E-state index is -0.240. The molecule has 2 aromatic rings. The first-order valence-electron chi connectivity index (χ1n) is 6.50. The highest BCUT2D eigenvalue weighted by Gasteiger charge is 2.20. The Morgan fingerprint density at radius 1 is 0.842 bits per heavy atom. The molecular formula is C15H16FN3. The maximum absolute atomic E-state index is 13.7. The van der Waals surface area contributed by atoms with Gasteiger partial charge in [-0.05, 0) is 24.3 Å². The highest BCUT2D eigenvalue weighted by atomic mass is 19.1. The van der Waals surface area contributed by atoms with Crippen molar-refractivity contribution in [2.45, 2.75) is 0 Å². The molecule has 3 nitrogen and oxygen atoms in total. The van der Waals surface area contributed by atoms with E-state index in [-0.39, 0.29) is 5.82 Å². The zero-order valence-corrected chi connectivity index (χ0v) is 10.7. The lowest BCUT2D eigenvalue weighted by Crippen LogP contribution is -2.47. The highest BCUT2D eigenvalue weighted by molar-refractivity contribution is 5.49. The standard InChI is InChI=1S/C15H16FN3/c16-14-7-4-8-17-15(14)19-11-9-18(10-12-19)13-5-2-1-3-6-13/h1-8H,9-12H2. The van der Waals surface area contributed by atoms with Crippen LogP contribution in [0.15, 0.2) is 48.7 Å². The Hall–Kier alpha value is -2.10. The van der Waals surface area contributed by atoms with Crippen molar-refractivity contribution in [3.63, 3.8) is 0 Å². The second-order valence-electron chi connectivity index (χ2n) is 4.62. The van der Waals surface area contributed by atoms with E-state index in [9.17, 15) is 4.39 Å². The summed E-state index contributed by atoms with van der Waals surface area (Å²) in [5, 5.41) is 0. The number of halogens is 1. The minimum absolute atomic E-state index is 0.240. The van der Waals surface area contributed by atoms with Crippen molar-refractivity contribution < 1.29 is 4.39 Å². The molecular weight excluding hydrogens is 241 g/mol. The van der Waals surface area contributed by atoms with Gasteiger partial charge in [0.2, 0.25) is 0 Å². The van der Waals surface area contributed by atoms with Crippen LogP contribution in [0.1, 0.15) is 0 Å². The molecule has 19 heavy (non-hydrogen) atoms. The molecule has 1 aliphatic heterocycles. The zero-order valence-electron chi connectivity index (χ0n) is 10.7. The molecule has 98 valence electrons. The first-order valence-corrected chi connectivity index (χ1v) is 6.50. The molecule has 0 bridgehead atoms. The van der Waals surface area contributed by atoms with Crippen molar-refractivity contribution in [1.82, 2.24) is 4.98 Å². The number of aromatic nitrogens is 1. The van der Waals surface area contributed by atoms with Gasteiger partial charge >= 0.3 is 0 Å². The maximum atomic E-state index is 13.7. The molecule has 2 heterocycles. The molecule has 1 aromatic heterocycles. The number of nitrogens with zero attached hydrogens (tertiary/aromatic N) is 3. The molecule has 0 radical (unpaired) electrons. The fraction of sp³-hybridized carbons (Fsp3) is 0.267. The Bertz CT molecular complexity index is 536. The average Bonchev–Trinajstić information content (AvgIpc) is 2.49. The fourth-order valence-corrected chi connectivity index (χ4v) is 2.43. The van der Waals surface area contributed by atoms with Crippen LogP contribution in [-0.4, -0.2) is 31.2 Å². The number of anilines is 2. The summed E-state index contributed by atoms with van der Waals surface area (Å²) >= 11 is 0. The van der Waals surface area contributed by atoms with Crippen molar-refractivity contribution in [2.75, 3.05) is 36.0 Å². The number of benzene rings is 1. The summed E-state index contributed by atoms with van der Waals surface area (Å²) in [6.07, 6.45) is 1.64. The van der Waals surface area contributed by atoms with Crippen LogP contribution >= 0.6 is 0 Å². The maximum Gasteiger partial charge on any atom is 0.165 e. The summed E-state index contributed by atoms with van der Waals surface area (Å²) in [7, 11) is 0. The molecule has 1 fully saturated rings. The molecule has 3 rings (SSSR count). The van der Waals surface area contributed by atoms with Crippen LogP contribution in [0.25, 0.3) is 0 Å². The smallest absolute Gasteiger partial charge is 0.165 e. The molecule has 0 unspecified atom stereocenters. The lowest BCUT2D eigenvalue weighted by Gasteiger charge is -2.36. The predicted octanol–water partition coefficient (Wildman–Crippen LogP) is 2.55. The van der Waals surface area contributed by atoms with E-state index in [1.165, 1.54) is 11.8 Å². The van der Waals surface area contributed by atoms with Crippen molar-refractivity contribution >= 4 is 11.5 Å². The van der Waals surface area contributed by atoms with E-state index in [1.54, 1.807) is 12.3 Å². The zero-order chi connectivity index (χ0) is 13.1. The van der Waals surface area contributed by atoms with Crippen molar-refractivity contribution in [3.05, 3.63) is 54.5 Å². The molecule has 1 aromatic carbocycles. The van der Waals surface area contributed by atoms with Crippen LogP contribution in [0, 0.1) is 5.82 Å². The fourth-order valence-electron chi connectivity index (χ4n) is 2.43. The van der Waals surface area contributed by atoms with Gasteiger partial charge in [0.05, 0.1) is 0 Å². The SMILES string of the molecule is Fc1cccnc1N1CCN(c2ccccc2)CC1. The van der Waals surface area contributed by atoms with Gasteiger partial charge in [0, 0.05) is 38.1 Å². The molecule has 4 heteroatoms. The number of pyridine rings is 1. The van der Waals surface area contributed by atoms with Crippen LogP contribution in [0.3, 0.4) is 0 Å². The number of para-hydroxylation sites is 1. The van der Waals surface area contributed by atoms with Crippen LogP contribution in [0.2, 0.25) is 0 Å². The van der Waals surface area contributed by atoms with E-state index in [2.05, 4.69) is 22.0 Å². The van der Waals surface area contributed by atoms with Crippen molar-refractivity contribution in [2.24, 2.45) is 0 Å². The Labute approximate surface area is 112 Å². The van der Waals surface area contributed by atoms with E-state index in [0.717, 1.165) is 26.2 Å². The van der Waals surface area contributed by atoms with Crippen LogP contribution < -0.4 is 9.80 Å². The third kappa shape index (κ3) is 2.52. The average molecular weight is 257 g/mol. The Kier molecular flexibility index (Phi) is 3.31. The van der Waals surface area contributed by atoms with Gasteiger partial charge in [-0.3, -0.25) is 0 Å². The molecule has 0 amide bonds. The second-order valence-corrected chi connectivity index (χ2v) is 4.62. The van der Waals surface area contributed by atoms with E-state index in [1.807, 2.05) is 23.1 Å². The van der Waals surface area contributed by atoms with E-state index < -0.39 is 0 Å². The molecule has 0 saturated carbocycles. The Balaban J connectivity index is 1.69. The number of hydrogen-bond donors (Lipinski definition) is 0. The third-order valence-electron chi connectivity index (χ3n) is 3.44. The van der Waals surface area contributed by atoms with Gasteiger partial charge in [-0.2, -0.15) is 0 Å². The largest absolute Gasteiger partial charge is 0.368 e. The summed E-state index contributed by atoms with van der Waals surface area (Å²) in [5.74, 6) is 0.228. The van der Waals surface area contributed by atoms with E-state index >= 15 is 0 Å². The van der Waals surface area contributed by atoms with Crippen LogP contribution in [0.4, 0.5) is 15.9 Å². The summed E-state index contributed by atoms with van der Waals surface area (Å²) in [6.45, 7) is 3.37. The van der Waals surface area contributed by atoms with Gasteiger partial charge in [-0.15, -0.1) is 0 Å². The molecule has 0 spiro atoms. The lowest BCUT2D eigenvalue weighted by atomic mass is 10.2. The lowest BCUT2D eigenvalue weighted by molar-refractivity contribution is 0.588. The van der Waals surface area contributed by atoms with Gasteiger partial charge in [-0.25, -0.2) is 9.37 Å². The third-order valence-corrected chi connectivity index (χ3v) is 3.44.